The lowest BCUT2D eigenvalue weighted by molar-refractivity contribution is 1.18. The lowest BCUT2D eigenvalue weighted by Crippen LogP contribution is -2.09. The Morgan fingerprint density at radius 2 is 0.692 bits per heavy atom. The molecule has 0 N–H and O–H groups in total. The molecule has 0 bridgehead atoms. The summed E-state index contributed by atoms with van der Waals surface area (Å²) in [4.78, 5) is 2.32. The molecule has 9 aromatic rings. The van der Waals surface area contributed by atoms with Gasteiger partial charge < -0.3 is 9.47 Å². The van der Waals surface area contributed by atoms with Gasteiger partial charge in [-0.2, -0.15) is 0 Å². The molecule has 0 fully saturated rings. The standard InChI is InChI=1S/C50H38N2/c1-35-32-36(2)34-42(33-35)41-18-16-37(17-19-41)38-20-26-44(27-21-38)51(43-10-4-3-5-11-43)45-28-22-39(23-29-45)40-24-30-46(31-25-40)52-49-14-8-6-12-47(49)48-13-7-9-15-50(48)52/h3-34H,1-2H3. The molecule has 0 aliphatic carbocycles. The summed E-state index contributed by atoms with van der Waals surface area (Å²) in [6.45, 7) is 4.32. The van der Waals surface area contributed by atoms with Crippen LogP contribution in [0.2, 0.25) is 0 Å². The highest BCUT2D eigenvalue weighted by atomic mass is 15.1. The van der Waals surface area contributed by atoms with E-state index in [9.17, 15) is 0 Å². The van der Waals surface area contributed by atoms with Crippen molar-refractivity contribution < 1.29 is 0 Å². The second kappa shape index (κ2) is 13.2. The predicted molar refractivity (Wildman–Crippen MR) is 221 cm³/mol. The van der Waals surface area contributed by atoms with Crippen LogP contribution in [0.1, 0.15) is 11.1 Å². The van der Waals surface area contributed by atoms with Gasteiger partial charge in [-0.1, -0.05) is 145 Å². The number of hydrogen-bond acceptors (Lipinski definition) is 1. The SMILES string of the molecule is Cc1cc(C)cc(-c2ccc(-c3ccc(N(c4ccccc4)c4ccc(-c5ccc(-n6c7ccccc7c7ccccc76)cc5)cc4)cc3)cc2)c1. The van der Waals surface area contributed by atoms with Gasteiger partial charge in [0.1, 0.15) is 0 Å². The van der Waals surface area contributed by atoms with Gasteiger partial charge in [-0.3, -0.25) is 0 Å². The molecule has 8 aromatic carbocycles. The summed E-state index contributed by atoms with van der Waals surface area (Å²) in [5, 5.41) is 2.55. The number of para-hydroxylation sites is 3. The molecule has 1 heterocycles. The monoisotopic (exact) mass is 666 g/mol. The second-order valence-corrected chi connectivity index (χ2v) is 13.6. The largest absolute Gasteiger partial charge is 0.311 e. The zero-order valence-corrected chi connectivity index (χ0v) is 29.4. The van der Waals surface area contributed by atoms with E-state index in [0.29, 0.717) is 0 Å². The van der Waals surface area contributed by atoms with Crippen molar-refractivity contribution in [3.8, 4) is 39.1 Å². The Morgan fingerprint density at radius 3 is 1.17 bits per heavy atom. The van der Waals surface area contributed by atoms with Gasteiger partial charge in [-0.25, -0.2) is 0 Å². The number of anilines is 3. The highest BCUT2D eigenvalue weighted by Gasteiger charge is 2.14. The fourth-order valence-corrected chi connectivity index (χ4v) is 7.63. The Bertz CT molecular complexity index is 2570. The molecule has 248 valence electrons. The summed E-state index contributed by atoms with van der Waals surface area (Å²) < 4.78 is 2.36. The molecule has 0 saturated carbocycles. The van der Waals surface area contributed by atoms with E-state index in [1.54, 1.807) is 0 Å². The first-order valence-electron chi connectivity index (χ1n) is 17.9. The quantitative estimate of drug-likeness (QED) is 0.164. The van der Waals surface area contributed by atoms with E-state index in [1.165, 1.54) is 66.3 Å². The van der Waals surface area contributed by atoms with Gasteiger partial charge in [0.15, 0.2) is 0 Å². The summed E-state index contributed by atoms with van der Waals surface area (Å²) in [5.41, 5.74) is 16.8. The van der Waals surface area contributed by atoms with Crippen LogP contribution in [0.5, 0.6) is 0 Å². The number of aromatic nitrogens is 1. The van der Waals surface area contributed by atoms with Gasteiger partial charge in [0.2, 0.25) is 0 Å². The summed E-state index contributed by atoms with van der Waals surface area (Å²) in [6.07, 6.45) is 0. The maximum Gasteiger partial charge on any atom is 0.0541 e. The van der Waals surface area contributed by atoms with Gasteiger partial charge in [0.05, 0.1) is 11.0 Å². The van der Waals surface area contributed by atoms with Crippen LogP contribution in [0, 0.1) is 13.8 Å². The minimum Gasteiger partial charge on any atom is -0.311 e. The molecule has 0 aliphatic rings. The maximum absolute atomic E-state index is 2.36. The molecular weight excluding hydrogens is 629 g/mol. The number of benzene rings is 8. The smallest absolute Gasteiger partial charge is 0.0541 e. The zero-order valence-electron chi connectivity index (χ0n) is 29.4. The third-order valence-corrected chi connectivity index (χ3v) is 10.1. The molecule has 2 heteroatoms. The topological polar surface area (TPSA) is 8.17 Å². The molecule has 52 heavy (non-hydrogen) atoms. The summed E-state index contributed by atoms with van der Waals surface area (Å²) in [5.74, 6) is 0. The predicted octanol–water partition coefficient (Wildman–Crippen LogP) is 13.9. The van der Waals surface area contributed by atoms with Crippen molar-refractivity contribution in [3.05, 3.63) is 205 Å². The van der Waals surface area contributed by atoms with Crippen molar-refractivity contribution >= 4 is 38.9 Å². The molecule has 0 saturated heterocycles. The van der Waals surface area contributed by atoms with Crippen LogP contribution in [0.15, 0.2) is 194 Å². The van der Waals surface area contributed by atoms with Gasteiger partial charge in [0.25, 0.3) is 0 Å². The molecule has 0 atom stereocenters. The van der Waals surface area contributed by atoms with E-state index in [4.69, 9.17) is 0 Å². The van der Waals surface area contributed by atoms with Crippen molar-refractivity contribution in [2.75, 3.05) is 4.90 Å². The molecular formula is C50H38N2. The molecule has 0 unspecified atom stereocenters. The van der Waals surface area contributed by atoms with Crippen LogP contribution in [0.3, 0.4) is 0 Å². The second-order valence-electron chi connectivity index (χ2n) is 13.6. The van der Waals surface area contributed by atoms with Crippen molar-refractivity contribution in [2.45, 2.75) is 13.8 Å². The normalized spacial score (nSPS) is 11.3. The Hall–Kier alpha value is -6.64. The van der Waals surface area contributed by atoms with Crippen molar-refractivity contribution in [2.24, 2.45) is 0 Å². The number of aryl methyl sites for hydroxylation is 2. The molecule has 0 aliphatic heterocycles. The van der Waals surface area contributed by atoms with E-state index >= 15 is 0 Å². The summed E-state index contributed by atoms with van der Waals surface area (Å²) in [6, 6.07) is 70.3. The number of rotatable bonds is 7. The third kappa shape index (κ3) is 5.85. The van der Waals surface area contributed by atoms with Crippen LogP contribution in [0.4, 0.5) is 17.1 Å². The van der Waals surface area contributed by atoms with E-state index in [0.717, 1.165) is 22.7 Å². The first-order valence-corrected chi connectivity index (χ1v) is 17.9. The Morgan fingerprint density at radius 1 is 0.327 bits per heavy atom. The molecule has 1 aromatic heterocycles. The minimum atomic E-state index is 1.11. The molecule has 2 nitrogen and oxygen atoms in total. The van der Waals surface area contributed by atoms with Gasteiger partial charge in [0, 0.05) is 33.5 Å². The summed E-state index contributed by atoms with van der Waals surface area (Å²) >= 11 is 0. The fraction of sp³-hybridized carbons (Fsp3) is 0.0400. The number of fused-ring (bicyclic) bond motifs is 3. The lowest BCUT2D eigenvalue weighted by Gasteiger charge is -2.26. The average Bonchev–Trinajstić information content (AvgIpc) is 3.53. The first kappa shape index (κ1) is 31.3. The van der Waals surface area contributed by atoms with Crippen LogP contribution in [-0.2, 0) is 0 Å². The fourth-order valence-electron chi connectivity index (χ4n) is 7.63. The highest BCUT2D eigenvalue weighted by Crippen LogP contribution is 2.38. The Labute approximate surface area is 305 Å². The van der Waals surface area contributed by atoms with Crippen LogP contribution < -0.4 is 4.90 Å². The number of hydrogen-bond donors (Lipinski definition) is 0. The van der Waals surface area contributed by atoms with E-state index in [-0.39, 0.29) is 0 Å². The molecule has 9 rings (SSSR count). The van der Waals surface area contributed by atoms with E-state index in [2.05, 4.69) is 217 Å². The zero-order chi connectivity index (χ0) is 35.0. The first-order chi connectivity index (χ1) is 25.6. The average molecular weight is 667 g/mol. The third-order valence-electron chi connectivity index (χ3n) is 10.1. The van der Waals surface area contributed by atoms with Crippen LogP contribution >= 0.6 is 0 Å². The van der Waals surface area contributed by atoms with Gasteiger partial charge >= 0.3 is 0 Å². The van der Waals surface area contributed by atoms with Crippen LogP contribution in [0.25, 0.3) is 60.9 Å². The molecule has 0 radical (unpaired) electrons. The van der Waals surface area contributed by atoms with Crippen molar-refractivity contribution in [1.29, 1.82) is 0 Å². The highest BCUT2D eigenvalue weighted by molar-refractivity contribution is 6.09. The van der Waals surface area contributed by atoms with Crippen molar-refractivity contribution in [3.63, 3.8) is 0 Å². The Balaban J connectivity index is 0.993. The van der Waals surface area contributed by atoms with Gasteiger partial charge in [-0.15, -0.1) is 0 Å². The number of nitrogens with zero attached hydrogens (tertiary/aromatic N) is 2. The van der Waals surface area contributed by atoms with E-state index < -0.39 is 0 Å². The van der Waals surface area contributed by atoms with E-state index in [1.807, 2.05) is 0 Å². The maximum atomic E-state index is 2.36. The minimum absolute atomic E-state index is 1.11. The summed E-state index contributed by atoms with van der Waals surface area (Å²) in [7, 11) is 0. The van der Waals surface area contributed by atoms with Gasteiger partial charge in [-0.05, 0) is 108 Å². The Kier molecular flexibility index (Phi) is 7.98. The van der Waals surface area contributed by atoms with Crippen molar-refractivity contribution in [1.82, 2.24) is 4.57 Å². The van der Waals surface area contributed by atoms with Crippen LogP contribution in [-0.4, -0.2) is 4.57 Å². The molecule has 0 spiro atoms. The molecule has 0 amide bonds. The lowest BCUT2D eigenvalue weighted by atomic mass is 9.98.